The van der Waals surface area contributed by atoms with E-state index in [1.807, 2.05) is 6.92 Å². The monoisotopic (exact) mass is 416 g/mol. The zero-order valence-electron chi connectivity index (χ0n) is 15.1. The van der Waals surface area contributed by atoms with Crippen molar-refractivity contribution in [2.45, 2.75) is 25.9 Å². The molecule has 1 nitrogen and oxygen atoms in total. The highest BCUT2D eigenvalue weighted by atomic mass is 19.4. The Kier molecular flexibility index (Phi) is 5.73. The van der Waals surface area contributed by atoms with E-state index in [0.29, 0.717) is 12.5 Å². The zero-order valence-corrected chi connectivity index (χ0v) is 15.1. The molecular weight excluding hydrogens is 401 g/mol. The first-order valence-corrected chi connectivity index (χ1v) is 8.70. The number of halogens is 7. The second-order valence-electron chi connectivity index (χ2n) is 6.53. The number of benzene rings is 3. The van der Waals surface area contributed by atoms with E-state index < -0.39 is 47.2 Å². The summed E-state index contributed by atoms with van der Waals surface area (Å²) in [4.78, 5) is 0. The number of rotatable bonds is 5. The molecular formula is C21H15F7O. The highest BCUT2D eigenvalue weighted by molar-refractivity contribution is 5.90. The molecule has 0 bridgehead atoms. The van der Waals surface area contributed by atoms with Gasteiger partial charge in [-0.25, -0.2) is 17.6 Å². The second-order valence-corrected chi connectivity index (χ2v) is 6.53. The minimum absolute atomic E-state index is 0.0314. The Hall–Kier alpha value is -2.77. The largest absolute Gasteiger partial charge is 0.478 e. The molecule has 0 saturated heterocycles. The minimum Gasteiger partial charge on any atom is -0.478 e. The molecule has 0 aliphatic carbocycles. The van der Waals surface area contributed by atoms with Crippen molar-refractivity contribution in [3.63, 3.8) is 0 Å². The molecule has 0 unspecified atom stereocenters. The third kappa shape index (κ3) is 4.46. The van der Waals surface area contributed by atoms with Gasteiger partial charge in [0.1, 0.15) is 11.6 Å². The maximum atomic E-state index is 14.5. The van der Waals surface area contributed by atoms with Gasteiger partial charge in [0, 0.05) is 5.56 Å². The minimum atomic E-state index is -4.82. The van der Waals surface area contributed by atoms with E-state index >= 15 is 0 Å². The SMILES string of the molecule is CCCc1ccc(-c2cc(F)c3c(F)c(OCC(F)(F)F)c(F)cc3c2)c(F)c1. The summed E-state index contributed by atoms with van der Waals surface area (Å²) in [7, 11) is 0. The molecule has 3 rings (SSSR count). The van der Waals surface area contributed by atoms with E-state index in [1.54, 1.807) is 6.07 Å². The predicted molar refractivity (Wildman–Crippen MR) is 94.8 cm³/mol. The van der Waals surface area contributed by atoms with E-state index in [9.17, 15) is 30.7 Å². The van der Waals surface area contributed by atoms with Gasteiger partial charge in [-0.05, 0) is 47.2 Å². The molecule has 3 aromatic rings. The number of alkyl halides is 3. The summed E-state index contributed by atoms with van der Waals surface area (Å²) in [5.41, 5.74) is 0.820. The number of aryl methyl sites for hydroxylation is 1. The summed E-state index contributed by atoms with van der Waals surface area (Å²) in [5, 5.41) is -1.01. The molecule has 0 aliphatic heterocycles. The fraction of sp³-hybridized carbons (Fsp3) is 0.238. The number of hydrogen-bond acceptors (Lipinski definition) is 1. The molecule has 0 atom stereocenters. The van der Waals surface area contributed by atoms with Gasteiger partial charge in [0.15, 0.2) is 24.0 Å². The zero-order chi connectivity index (χ0) is 21.3. The maximum Gasteiger partial charge on any atom is 0.422 e. The molecule has 0 aromatic heterocycles. The van der Waals surface area contributed by atoms with Gasteiger partial charge in [0.05, 0.1) is 5.39 Å². The smallest absolute Gasteiger partial charge is 0.422 e. The van der Waals surface area contributed by atoms with Gasteiger partial charge in [-0.3, -0.25) is 0 Å². The highest BCUT2D eigenvalue weighted by Crippen LogP contribution is 2.36. The molecule has 0 radical (unpaired) electrons. The van der Waals surface area contributed by atoms with Crippen LogP contribution in [0.1, 0.15) is 18.9 Å². The van der Waals surface area contributed by atoms with Crippen LogP contribution in [0.15, 0.2) is 36.4 Å². The van der Waals surface area contributed by atoms with Crippen LogP contribution in [0.4, 0.5) is 30.7 Å². The van der Waals surface area contributed by atoms with Crippen LogP contribution in [0, 0.1) is 23.3 Å². The van der Waals surface area contributed by atoms with Gasteiger partial charge < -0.3 is 4.74 Å². The van der Waals surface area contributed by atoms with Crippen molar-refractivity contribution in [1.29, 1.82) is 0 Å². The van der Waals surface area contributed by atoms with Crippen LogP contribution in [0.25, 0.3) is 21.9 Å². The molecule has 8 heteroatoms. The Morgan fingerprint density at radius 2 is 1.59 bits per heavy atom. The van der Waals surface area contributed by atoms with Crippen molar-refractivity contribution in [3.05, 3.63) is 65.2 Å². The third-order valence-electron chi connectivity index (χ3n) is 4.30. The molecule has 29 heavy (non-hydrogen) atoms. The third-order valence-corrected chi connectivity index (χ3v) is 4.30. The second kappa shape index (κ2) is 7.93. The first-order chi connectivity index (χ1) is 13.6. The summed E-state index contributed by atoms with van der Waals surface area (Å²) in [6.45, 7) is 0.00166. The van der Waals surface area contributed by atoms with Crippen LogP contribution >= 0.6 is 0 Å². The van der Waals surface area contributed by atoms with Crippen molar-refractivity contribution in [3.8, 4) is 16.9 Å². The quantitative estimate of drug-likeness (QED) is 0.409. The molecule has 0 saturated carbocycles. The fourth-order valence-corrected chi connectivity index (χ4v) is 3.07. The van der Waals surface area contributed by atoms with Crippen LogP contribution in [0.3, 0.4) is 0 Å². The summed E-state index contributed by atoms with van der Waals surface area (Å²) in [6.07, 6.45) is -3.36. The predicted octanol–water partition coefficient (Wildman–Crippen LogP) is 6.96. The van der Waals surface area contributed by atoms with Crippen LogP contribution < -0.4 is 4.74 Å². The van der Waals surface area contributed by atoms with Crippen molar-refractivity contribution in [1.82, 2.24) is 0 Å². The van der Waals surface area contributed by atoms with Gasteiger partial charge >= 0.3 is 6.18 Å². The molecule has 0 heterocycles. The summed E-state index contributed by atoms with van der Waals surface area (Å²) < 4.78 is 98.5. The summed E-state index contributed by atoms with van der Waals surface area (Å²) in [6, 6.07) is 7.06. The van der Waals surface area contributed by atoms with Gasteiger partial charge in [0.25, 0.3) is 0 Å². The van der Waals surface area contributed by atoms with E-state index in [4.69, 9.17) is 0 Å². The Labute approximate surface area is 161 Å². The number of ether oxygens (including phenoxy) is 1. The molecule has 154 valence electrons. The van der Waals surface area contributed by atoms with E-state index in [-0.39, 0.29) is 16.5 Å². The normalized spacial score (nSPS) is 11.9. The van der Waals surface area contributed by atoms with Gasteiger partial charge in [-0.1, -0.05) is 25.5 Å². The molecule has 0 fully saturated rings. The molecule has 0 N–H and O–H groups in total. The molecule has 0 amide bonds. The van der Waals surface area contributed by atoms with Crippen molar-refractivity contribution < 1.29 is 35.5 Å². The van der Waals surface area contributed by atoms with Crippen LogP contribution in [-0.4, -0.2) is 12.8 Å². The van der Waals surface area contributed by atoms with Crippen molar-refractivity contribution in [2.24, 2.45) is 0 Å². The van der Waals surface area contributed by atoms with E-state index in [0.717, 1.165) is 24.1 Å². The lowest BCUT2D eigenvalue weighted by molar-refractivity contribution is -0.154. The fourth-order valence-electron chi connectivity index (χ4n) is 3.07. The molecule has 0 spiro atoms. The Bertz CT molecular complexity index is 1060. The summed E-state index contributed by atoms with van der Waals surface area (Å²) in [5.74, 6) is -6.14. The van der Waals surface area contributed by atoms with Crippen LogP contribution in [0.2, 0.25) is 0 Å². The Morgan fingerprint density at radius 1 is 0.862 bits per heavy atom. The van der Waals surface area contributed by atoms with Gasteiger partial charge in [-0.2, -0.15) is 13.2 Å². The lowest BCUT2D eigenvalue weighted by Crippen LogP contribution is -2.20. The lowest BCUT2D eigenvalue weighted by Gasteiger charge is -2.14. The topological polar surface area (TPSA) is 9.23 Å². The lowest BCUT2D eigenvalue weighted by atomic mass is 9.98. The average Bonchev–Trinajstić information content (AvgIpc) is 2.60. The van der Waals surface area contributed by atoms with Gasteiger partial charge in [0.2, 0.25) is 0 Å². The van der Waals surface area contributed by atoms with Gasteiger partial charge in [-0.15, -0.1) is 0 Å². The van der Waals surface area contributed by atoms with E-state index in [2.05, 4.69) is 4.74 Å². The Morgan fingerprint density at radius 3 is 2.21 bits per heavy atom. The van der Waals surface area contributed by atoms with Crippen LogP contribution in [-0.2, 0) is 6.42 Å². The van der Waals surface area contributed by atoms with Crippen LogP contribution in [0.5, 0.6) is 5.75 Å². The maximum absolute atomic E-state index is 14.5. The number of hydrogen-bond donors (Lipinski definition) is 0. The number of fused-ring (bicyclic) bond motifs is 1. The average molecular weight is 416 g/mol. The molecule has 3 aromatic carbocycles. The Balaban J connectivity index is 2.08. The van der Waals surface area contributed by atoms with E-state index in [1.165, 1.54) is 12.1 Å². The van der Waals surface area contributed by atoms with Crippen molar-refractivity contribution >= 4 is 10.8 Å². The standard InChI is InChI=1S/C21H15F7O/c1-2-3-11-4-5-14(15(22)6-11)12-7-13-9-17(24)20(29-10-21(26,27)28)19(25)18(13)16(23)8-12/h4-9H,2-3,10H2,1H3. The first-order valence-electron chi connectivity index (χ1n) is 8.70. The van der Waals surface area contributed by atoms with Crippen molar-refractivity contribution in [2.75, 3.05) is 6.61 Å². The molecule has 0 aliphatic rings. The summed E-state index contributed by atoms with van der Waals surface area (Å²) >= 11 is 0. The first kappa shape index (κ1) is 21.0. The highest BCUT2D eigenvalue weighted by Gasteiger charge is 2.30.